The van der Waals surface area contributed by atoms with Crippen LogP contribution in [0.5, 0.6) is 0 Å². The molecule has 0 spiro atoms. The first-order chi connectivity index (χ1) is 9.65. The highest BCUT2D eigenvalue weighted by atomic mass is 16.5. The summed E-state index contributed by atoms with van der Waals surface area (Å²) in [5, 5.41) is 0. The van der Waals surface area contributed by atoms with Gasteiger partial charge in [0, 0.05) is 31.6 Å². The Hall–Kier alpha value is -1.75. The lowest BCUT2D eigenvalue weighted by Gasteiger charge is -2.33. The van der Waals surface area contributed by atoms with Crippen molar-refractivity contribution in [2.24, 2.45) is 0 Å². The number of nitrogens with zero attached hydrogens (tertiary/aromatic N) is 1. The fourth-order valence-corrected chi connectivity index (χ4v) is 2.48. The van der Waals surface area contributed by atoms with Crippen molar-refractivity contribution in [1.82, 2.24) is 0 Å². The molecule has 2 rings (SSSR count). The maximum atomic E-state index is 11.9. The van der Waals surface area contributed by atoms with E-state index in [1.54, 1.807) is 20.1 Å². The van der Waals surface area contributed by atoms with Gasteiger partial charge in [-0.25, -0.2) is 4.79 Å². The van der Waals surface area contributed by atoms with E-state index < -0.39 is 0 Å². The van der Waals surface area contributed by atoms with Crippen LogP contribution in [0.2, 0.25) is 0 Å². The number of ether oxygens (including phenoxy) is 2. The molecule has 0 atom stereocenters. The third kappa shape index (κ3) is 3.22. The first-order valence-corrected chi connectivity index (χ1v) is 7.00. The van der Waals surface area contributed by atoms with Gasteiger partial charge in [-0.15, -0.1) is 0 Å². The van der Waals surface area contributed by atoms with Gasteiger partial charge in [-0.2, -0.15) is 0 Å². The van der Waals surface area contributed by atoms with Crippen molar-refractivity contribution in [2.45, 2.75) is 25.9 Å². The van der Waals surface area contributed by atoms with Crippen LogP contribution in [-0.2, 0) is 9.47 Å². The summed E-state index contributed by atoms with van der Waals surface area (Å²) in [5.41, 5.74) is 7.77. The van der Waals surface area contributed by atoms with Crippen LogP contribution in [0.15, 0.2) is 18.2 Å². The molecule has 1 aromatic rings. The molecule has 0 aromatic heterocycles. The van der Waals surface area contributed by atoms with Gasteiger partial charge in [0.25, 0.3) is 0 Å². The minimum Gasteiger partial charge on any atom is -0.462 e. The zero-order valence-corrected chi connectivity index (χ0v) is 12.1. The normalized spacial score (nSPS) is 16.2. The van der Waals surface area contributed by atoms with Gasteiger partial charge in [0.05, 0.1) is 18.3 Å². The topological polar surface area (TPSA) is 64.8 Å². The Morgan fingerprint density at radius 2 is 2.10 bits per heavy atom. The van der Waals surface area contributed by atoms with E-state index in [4.69, 9.17) is 15.2 Å². The Balaban J connectivity index is 2.13. The average molecular weight is 278 g/mol. The van der Waals surface area contributed by atoms with Crippen molar-refractivity contribution >= 4 is 17.3 Å². The molecule has 110 valence electrons. The molecule has 0 aliphatic carbocycles. The van der Waals surface area contributed by atoms with E-state index in [0.717, 1.165) is 31.6 Å². The van der Waals surface area contributed by atoms with Crippen molar-refractivity contribution in [3.63, 3.8) is 0 Å². The molecule has 0 amide bonds. The SMILES string of the molecule is CCOC(=O)c1cc(N2CCC(OC)CC2)ccc1N. The van der Waals surface area contributed by atoms with Gasteiger partial charge in [0.1, 0.15) is 0 Å². The summed E-state index contributed by atoms with van der Waals surface area (Å²) in [6, 6.07) is 5.54. The van der Waals surface area contributed by atoms with E-state index in [-0.39, 0.29) is 5.97 Å². The van der Waals surface area contributed by atoms with Gasteiger partial charge in [-0.05, 0) is 38.0 Å². The molecule has 1 aliphatic heterocycles. The van der Waals surface area contributed by atoms with E-state index in [1.807, 2.05) is 12.1 Å². The molecule has 1 aliphatic rings. The average Bonchev–Trinajstić information content (AvgIpc) is 2.48. The highest BCUT2D eigenvalue weighted by molar-refractivity contribution is 5.96. The van der Waals surface area contributed by atoms with Crippen molar-refractivity contribution in [1.29, 1.82) is 0 Å². The van der Waals surface area contributed by atoms with E-state index in [1.165, 1.54) is 0 Å². The molecule has 0 radical (unpaired) electrons. The van der Waals surface area contributed by atoms with Crippen LogP contribution in [0.1, 0.15) is 30.1 Å². The maximum Gasteiger partial charge on any atom is 0.340 e. The lowest BCUT2D eigenvalue weighted by molar-refractivity contribution is 0.0527. The van der Waals surface area contributed by atoms with Crippen LogP contribution < -0.4 is 10.6 Å². The Morgan fingerprint density at radius 3 is 2.70 bits per heavy atom. The zero-order chi connectivity index (χ0) is 14.5. The molecule has 2 N–H and O–H groups in total. The van der Waals surface area contributed by atoms with Crippen LogP contribution >= 0.6 is 0 Å². The summed E-state index contributed by atoms with van der Waals surface area (Å²) < 4.78 is 10.4. The van der Waals surface area contributed by atoms with Crippen LogP contribution in [0.25, 0.3) is 0 Å². The summed E-state index contributed by atoms with van der Waals surface area (Å²) in [7, 11) is 1.75. The number of carbonyl (C=O) groups is 1. The predicted octanol–water partition coefficient (Wildman–Crippen LogP) is 2.06. The third-order valence-corrected chi connectivity index (χ3v) is 3.67. The second-order valence-electron chi connectivity index (χ2n) is 4.91. The van der Waals surface area contributed by atoms with Gasteiger partial charge in [-0.3, -0.25) is 0 Å². The fourth-order valence-electron chi connectivity index (χ4n) is 2.48. The number of rotatable bonds is 4. The molecule has 0 bridgehead atoms. The molecule has 0 unspecified atom stereocenters. The molecule has 1 aromatic carbocycles. The number of hydrogen-bond acceptors (Lipinski definition) is 5. The number of methoxy groups -OCH3 is 1. The molecule has 0 saturated carbocycles. The summed E-state index contributed by atoms with van der Waals surface area (Å²) in [4.78, 5) is 14.1. The molecule has 1 saturated heterocycles. The minimum atomic E-state index is -0.362. The Kier molecular flexibility index (Phi) is 4.84. The highest BCUT2D eigenvalue weighted by Crippen LogP contribution is 2.25. The summed E-state index contributed by atoms with van der Waals surface area (Å²) in [6.45, 7) is 3.98. The second-order valence-corrected chi connectivity index (χ2v) is 4.91. The summed E-state index contributed by atoms with van der Waals surface area (Å²) >= 11 is 0. The van der Waals surface area contributed by atoms with E-state index in [2.05, 4.69) is 4.90 Å². The largest absolute Gasteiger partial charge is 0.462 e. The summed E-state index contributed by atoms with van der Waals surface area (Å²) in [6.07, 6.45) is 2.33. The maximum absolute atomic E-state index is 11.9. The first kappa shape index (κ1) is 14.7. The second kappa shape index (κ2) is 6.61. The highest BCUT2D eigenvalue weighted by Gasteiger charge is 2.20. The van der Waals surface area contributed by atoms with Gasteiger partial charge >= 0.3 is 5.97 Å². The molecule has 5 nitrogen and oxygen atoms in total. The number of hydrogen-bond donors (Lipinski definition) is 1. The molecule has 5 heteroatoms. The van der Waals surface area contributed by atoms with Gasteiger partial charge in [0.2, 0.25) is 0 Å². The fraction of sp³-hybridized carbons (Fsp3) is 0.533. The Morgan fingerprint density at radius 1 is 1.40 bits per heavy atom. The molecule has 20 heavy (non-hydrogen) atoms. The number of nitrogens with two attached hydrogens (primary N) is 1. The number of anilines is 2. The van der Waals surface area contributed by atoms with Crippen molar-refractivity contribution < 1.29 is 14.3 Å². The molecular weight excluding hydrogens is 256 g/mol. The Labute approximate surface area is 119 Å². The number of esters is 1. The number of piperidine rings is 1. The summed E-state index contributed by atoms with van der Waals surface area (Å²) in [5.74, 6) is -0.362. The third-order valence-electron chi connectivity index (χ3n) is 3.67. The van der Waals surface area contributed by atoms with E-state index in [9.17, 15) is 4.79 Å². The van der Waals surface area contributed by atoms with E-state index >= 15 is 0 Å². The standard InChI is InChI=1S/C15H22N2O3/c1-3-20-15(18)13-10-11(4-5-14(13)16)17-8-6-12(19-2)7-9-17/h4-5,10,12H,3,6-9,16H2,1-2H3. The first-order valence-electron chi connectivity index (χ1n) is 7.00. The number of benzene rings is 1. The van der Waals surface area contributed by atoms with Gasteiger partial charge in [0.15, 0.2) is 0 Å². The van der Waals surface area contributed by atoms with Gasteiger partial charge in [-0.1, -0.05) is 0 Å². The zero-order valence-electron chi connectivity index (χ0n) is 12.1. The molecule has 1 fully saturated rings. The molecular formula is C15H22N2O3. The Bertz CT molecular complexity index is 468. The lowest BCUT2D eigenvalue weighted by atomic mass is 10.1. The van der Waals surface area contributed by atoms with Crippen molar-refractivity contribution in [2.75, 3.05) is 37.4 Å². The quantitative estimate of drug-likeness (QED) is 0.674. The lowest BCUT2D eigenvalue weighted by Crippen LogP contribution is -2.36. The van der Waals surface area contributed by atoms with Crippen LogP contribution in [0.3, 0.4) is 0 Å². The van der Waals surface area contributed by atoms with Crippen molar-refractivity contribution in [3.8, 4) is 0 Å². The van der Waals surface area contributed by atoms with Crippen LogP contribution in [0, 0.1) is 0 Å². The molecule has 1 heterocycles. The minimum absolute atomic E-state index is 0.338. The van der Waals surface area contributed by atoms with Crippen molar-refractivity contribution in [3.05, 3.63) is 23.8 Å². The predicted molar refractivity (Wildman–Crippen MR) is 79.1 cm³/mol. The van der Waals surface area contributed by atoms with Crippen LogP contribution in [-0.4, -0.2) is 38.9 Å². The monoisotopic (exact) mass is 278 g/mol. The van der Waals surface area contributed by atoms with Gasteiger partial charge < -0.3 is 20.1 Å². The smallest absolute Gasteiger partial charge is 0.340 e. The number of carbonyl (C=O) groups excluding carboxylic acids is 1. The van der Waals surface area contributed by atoms with Crippen LogP contribution in [0.4, 0.5) is 11.4 Å². The number of nitrogen functional groups attached to an aromatic ring is 1. The van der Waals surface area contributed by atoms with E-state index in [0.29, 0.717) is 24.0 Å².